The first-order valence-corrected chi connectivity index (χ1v) is 13.0. The van der Waals surface area contributed by atoms with Crippen LogP contribution in [0.3, 0.4) is 0 Å². The molecular formula is C17H23N7O6S3V2-2. The Morgan fingerprint density at radius 3 is 2.06 bits per heavy atom. The molecule has 5 N–H and O–H groups in total. The second kappa shape index (κ2) is 10.6. The third-order valence-corrected chi connectivity index (χ3v) is 11.3. The molecule has 6 rings (SSSR count). The molecule has 13 nitrogen and oxygen atoms in total. The molecule has 0 aromatic heterocycles. The van der Waals surface area contributed by atoms with Crippen LogP contribution >= 0.6 is 35.3 Å². The minimum absolute atomic E-state index is 0. The number of carboxylic acid groups (broad SMARTS) is 2. The van der Waals surface area contributed by atoms with Crippen LogP contribution in [0.1, 0.15) is 0 Å². The van der Waals surface area contributed by atoms with Crippen molar-refractivity contribution >= 4 is 59.0 Å². The fourth-order valence-corrected chi connectivity index (χ4v) is 9.66. The number of aliphatic carboxylic acids is 2. The van der Waals surface area contributed by atoms with Gasteiger partial charge in [-0.2, -0.15) is 0 Å². The van der Waals surface area contributed by atoms with Gasteiger partial charge in [0.1, 0.15) is 18.2 Å². The van der Waals surface area contributed by atoms with Gasteiger partial charge in [0.15, 0.2) is 4.33 Å². The van der Waals surface area contributed by atoms with Gasteiger partial charge in [-0.1, -0.05) is 11.8 Å². The standard InChI is InChI=1S/C9H12N3O3S2.C8H11N4O3S.2V/c1-10-5-2-16-9-11(4-12(9)7(5)13)6(3-17-9)8(14)15;1-9-5-6(13)12-3-11-4(7(14)15)2-16-8(11,12)10-5;;/h5-6,10H,1-4H2,(H,14,15);4-5,9-10H,1-3H2,(H,14,15);;/q2*-1;;/t5?,6?,9-;4?,5?,8-;;/m01../s1. The molecule has 2 spiro atoms. The molecule has 35 heavy (non-hydrogen) atoms. The number of rotatable bonds is 4. The Kier molecular flexibility index (Phi) is 8.90. The van der Waals surface area contributed by atoms with E-state index in [1.165, 1.54) is 11.8 Å². The molecule has 2 radical (unpaired) electrons. The molecule has 6 aliphatic rings. The van der Waals surface area contributed by atoms with Gasteiger partial charge in [0, 0.05) is 54.4 Å². The van der Waals surface area contributed by atoms with Gasteiger partial charge in [-0.3, -0.25) is 48.4 Å². The van der Waals surface area contributed by atoms with E-state index in [1.54, 1.807) is 38.2 Å². The number of nitrogens with zero attached hydrogens (tertiary/aromatic N) is 4. The van der Waals surface area contributed by atoms with Crippen molar-refractivity contribution in [1.29, 1.82) is 0 Å². The first-order chi connectivity index (χ1) is 15.7. The molecule has 192 valence electrons. The second-order valence-corrected chi connectivity index (χ2v) is 11.9. The van der Waals surface area contributed by atoms with Crippen molar-refractivity contribution in [2.45, 2.75) is 33.7 Å². The summed E-state index contributed by atoms with van der Waals surface area (Å²) >= 11 is 4.60. The average molecular weight is 620 g/mol. The smallest absolute Gasteiger partial charge is 0.321 e. The van der Waals surface area contributed by atoms with E-state index in [-0.39, 0.29) is 55.0 Å². The van der Waals surface area contributed by atoms with E-state index in [0.29, 0.717) is 30.6 Å². The molecule has 0 bridgehead atoms. The minimum atomic E-state index is -0.843. The van der Waals surface area contributed by atoms with Crippen molar-refractivity contribution in [3.8, 4) is 0 Å². The van der Waals surface area contributed by atoms with Gasteiger partial charge in [0.25, 0.3) is 5.91 Å². The van der Waals surface area contributed by atoms with Gasteiger partial charge in [0.2, 0.25) is 11.0 Å². The topological polar surface area (TPSA) is 158 Å². The molecule has 6 heterocycles. The van der Waals surface area contributed by atoms with E-state index in [4.69, 9.17) is 10.2 Å². The second-order valence-electron chi connectivity index (χ2n) is 8.09. The molecule has 0 aliphatic carbocycles. The average Bonchev–Trinajstić information content (AvgIpc) is 3.26. The van der Waals surface area contributed by atoms with Gasteiger partial charge in [-0.15, -0.1) is 23.5 Å². The summed E-state index contributed by atoms with van der Waals surface area (Å²) in [5.74, 6) is -0.0544. The Morgan fingerprint density at radius 2 is 1.46 bits per heavy atom. The largest absolute Gasteiger partial charge is 0.480 e. The predicted octanol–water partition coefficient (Wildman–Crippen LogP) is -2.40. The van der Waals surface area contributed by atoms with E-state index < -0.39 is 39.6 Å². The predicted molar refractivity (Wildman–Crippen MR) is 120 cm³/mol. The third kappa shape index (κ3) is 4.17. The summed E-state index contributed by atoms with van der Waals surface area (Å²) in [6.45, 7) is 0.780. The Bertz CT molecular complexity index is 925. The van der Waals surface area contributed by atoms with Gasteiger partial charge in [-0.25, -0.2) is 9.80 Å². The number of thioether (sulfide) groups is 3. The number of carbonyl (C=O) groups is 4. The molecule has 0 aromatic carbocycles. The summed E-state index contributed by atoms with van der Waals surface area (Å²) < 4.78 is -0.465. The zero-order chi connectivity index (χ0) is 23.7. The van der Waals surface area contributed by atoms with Gasteiger partial charge >= 0.3 is 11.9 Å². The van der Waals surface area contributed by atoms with Crippen molar-refractivity contribution < 1.29 is 66.5 Å². The van der Waals surface area contributed by atoms with E-state index in [9.17, 15) is 19.2 Å². The van der Waals surface area contributed by atoms with Crippen LogP contribution in [0, 0.1) is 14.1 Å². The third-order valence-electron chi connectivity index (χ3n) is 6.54. The number of amides is 2. The molecule has 6 aliphatic heterocycles. The SMILES string of the molecule is [CH2-]NC1CS[C@]23SCC(C(=O)O)N2CN3C1=O.[CH2-]NC1N[C@@]23SCC(C(=O)O)N2CN3C1=O.[V].[V]. The summed E-state index contributed by atoms with van der Waals surface area (Å²) in [6.07, 6.45) is -0.523. The molecule has 6 fully saturated rings. The van der Waals surface area contributed by atoms with Crippen molar-refractivity contribution in [1.82, 2.24) is 35.6 Å². The molecule has 2 amide bonds. The van der Waals surface area contributed by atoms with Gasteiger partial charge in [-0.05, 0) is 0 Å². The number of hydrogen-bond donors (Lipinski definition) is 5. The number of nitrogens with one attached hydrogen (secondary N) is 3. The van der Waals surface area contributed by atoms with Crippen molar-refractivity contribution in [2.75, 3.05) is 30.6 Å². The van der Waals surface area contributed by atoms with Crippen LogP contribution < -0.4 is 16.0 Å². The van der Waals surface area contributed by atoms with Crippen LogP contribution in [0.25, 0.3) is 0 Å². The molecule has 0 saturated carbocycles. The van der Waals surface area contributed by atoms with E-state index in [0.717, 1.165) is 0 Å². The van der Waals surface area contributed by atoms with Crippen molar-refractivity contribution in [2.24, 2.45) is 0 Å². The number of carbonyl (C=O) groups excluding carboxylic acids is 2. The molecule has 6 saturated heterocycles. The maximum absolute atomic E-state index is 12.1. The van der Waals surface area contributed by atoms with Crippen molar-refractivity contribution in [3.05, 3.63) is 14.1 Å². The zero-order valence-corrected chi connectivity index (χ0v) is 23.4. The summed E-state index contributed by atoms with van der Waals surface area (Å²) in [7, 11) is 7.02. The molecule has 4 unspecified atom stereocenters. The number of carboxylic acids is 2. The summed E-state index contributed by atoms with van der Waals surface area (Å²) in [5, 5.41) is 25.9. The summed E-state index contributed by atoms with van der Waals surface area (Å²) in [5.41, 5.74) is 0. The Hall–Kier alpha value is -0.101. The van der Waals surface area contributed by atoms with Gasteiger partial charge in [0.05, 0.1) is 19.4 Å². The first-order valence-electron chi connectivity index (χ1n) is 10.1. The molecular weight excluding hydrogens is 596 g/mol. The summed E-state index contributed by atoms with van der Waals surface area (Å²) in [6, 6.07) is -1.25. The van der Waals surface area contributed by atoms with E-state index >= 15 is 0 Å². The van der Waals surface area contributed by atoms with Crippen molar-refractivity contribution in [3.63, 3.8) is 0 Å². The van der Waals surface area contributed by atoms with Crippen LogP contribution in [-0.4, -0.2) is 118 Å². The fraction of sp³-hybridized carbons (Fsp3) is 0.647. The fourth-order valence-electron chi connectivity index (χ4n) is 4.70. The monoisotopic (exact) mass is 619 g/mol. The zero-order valence-electron chi connectivity index (χ0n) is 18.2. The molecule has 0 aromatic rings. The van der Waals surface area contributed by atoms with Crippen LogP contribution in [0.15, 0.2) is 0 Å². The molecule has 18 heteroatoms. The number of hydrogen-bond acceptors (Lipinski definition) is 12. The van der Waals surface area contributed by atoms with E-state index in [1.807, 2.05) is 4.90 Å². The first kappa shape index (κ1) is 29.5. The van der Waals surface area contributed by atoms with Crippen LogP contribution in [0.2, 0.25) is 0 Å². The van der Waals surface area contributed by atoms with E-state index in [2.05, 4.69) is 30.0 Å². The Labute approximate surface area is 238 Å². The Balaban J connectivity index is 0.000000185. The minimum Gasteiger partial charge on any atom is -0.480 e. The summed E-state index contributed by atoms with van der Waals surface area (Å²) in [4.78, 5) is 53.0. The van der Waals surface area contributed by atoms with Gasteiger partial charge < -0.3 is 20.8 Å². The van der Waals surface area contributed by atoms with Crippen LogP contribution in [-0.2, 0) is 56.3 Å². The normalized spacial score (nSPS) is 38.9. The maximum atomic E-state index is 12.1. The Morgan fingerprint density at radius 1 is 0.886 bits per heavy atom. The van der Waals surface area contributed by atoms with Crippen LogP contribution in [0.4, 0.5) is 0 Å². The maximum Gasteiger partial charge on any atom is 0.321 e. The quantitative estimate of drug-likeness (QED) is 0.212. The molecule has 6 atom stereocenters. The van der Waals surface area contributed by atoms with Crippen LogP contribution in [0.5, 0.6) is 0 Å².